The quantitative estimate of drug-likeness (QED) is 0.626. The van der Waals surface area contributed by atoms with Gasteiger partial charge in [0.2, 0.25) is 0 Å². The summed E-state index contributed by atoms with van der Waals surface area (Å²) in [6.45, 7) is 3.83. The van der Waals surface area contributed by atoms with E-state index in [1.807, 2.05) is 43.5 Å². The summed E-state index contributed by atoms with van der Waals surface area (Å²) >= 11 is 0. The number of methoxy groups -OCH3 is 1. The predicted octanol–water partition coefficient (Wildman–Crippen LogP) is 4.19. The highest BCUT2D eigenvalue weighted by Gasteiger charge is 2.26. The van der Waals surface area contributed by atoms with Gasteiger partial charge in [-0.2, -0.15) is 0 Å². The molecule has 4 heteroatoms. The molecule has 0 N–H and O–H groups in total. The Morgan fingerprint density at radius 3 is 2.30 bits per heavy atom. The number of rotatable bonds is 4. The van der Waals surface area contributed by atoms with Gasteiger partial charge in [0.25, 0.3) is 0 Å². The molecule has 0 saturated heterocycles. The molecule has 0 aliphatic carbocycles. The van der Waals surface area contributed by atoms with Crippen LogP contribution >= 0.6 is 10.5 Å². The summed E-state index contributed by atoms with van der Waals surface area (Å²) in [5.41, 5.74) is 1.48. The normalized spacial score (nSPS) is 11.5. The van der Waals surface area contributed by atoms with Crippen molar-refractivity contribution in [1.82, 2.24) is 0 Å². The maximum Gasteiger partial charge on any atom is 0.358 e. The number of ether oxygens (including phenoxy) is 1. The Morgan fingerprint density at radius 2 is 1.75 bits per heavy atom. The zero-order valence-corrected chi connectivity index (χ0v) is 12.6. The van der Waals surface area contributed by atoms with Gasteiger partial charge in [-0.15, -0.1) is 0 Å². The molecule has 0 fully saturated rings. The molecule has 2 aromatic rings. The Kier molecular flexibility index (Phi) is 4.35. The molecule has 20 heavy (non-hydrogen) atoms. The Morgan fingerprint density at radius 1 is 1.10 bits per heavy atom. The highest BCUT2D eigenvalue weighted by Crippen LogP contribution is 2.37. The minimum Gasteiger partial charge on any atom is -0.465 e. The molecule has 1 aromatic heterocycles. The molecule has 0 aliphatic rings. The van der Waals surface area contributed by atoms with Crippen molar-refractivity contribution in [2.75, 3.05) is 7.11 Å². The van der Waals surface area contributed by atoms with Crippen LogP contribution in [0.4, 0.5) is 0 Å². The number of thiophene rings is 1. The van der Waals surface area contributed by atoms with Crippen molar-refractivity contribution in [3.8, 4) is 10.4 Å². The highest BCUT2D eigenvalue weighted by molar-refractivity contribution is 7.52. The molecule has 0 aliphatic heterocycles. The Balaban J connectivity index is 2.36. The molecule has 3 nitrogen and oxygen atoms in total. The Labute approximate surface area is 121 Å². The zero-order valence-electron chi connectivity index (χ0n) is 11.8. The smallest absolute Gasteiger partial charge is 0.358 e. The number of hydrogen-bond donors (Lipinski definition) is 0. The maximum atomic E-state index is 12.2. The van der Waals surface area contributed by atoms with Crippen LogP contribution in [0, 0.1) is 5.92 Å². The second kappa shape index (κ2) is 6.01. The van der Waals surface area contributed by atoms with E-state index in [2.05, 4.69) is 4.74 Å². The average molecular weight is 289 g/mol. The van der Waals surface area contributed by atoms with Gasteiger partial charge >= 0.3 is 11.1 Å². The van der Waals surface area contributed by atoms with Gasteiger partial charge in [0.15, 0.2) is 4.88 Å². The Hall–Kier alpha value is -1.94. The van der Waals surface area contributed by atoms with Crippen LogP contribution in [0.2, 0.25) is 0 Å². The molecular weight excluding hydrogens is 272 g/mol. The first kappa shape index (κ1) is 14.5. The van der Waals surface area contributed by atoms with E-state index in [0.29, 0.717) is 5.56 Å². The third-order valence-corrected chi connectivity index (χ3v) is 5.16. The van der Waals surface area contributed by atoms with Crippen molar-refractivity contribution in [1.29, 1.82) is 0 Å². The SMILES string of the molecule is COC(=O)c1ccc(-c2ccc[s+]2C(=O)C(C)C)cc1. The van der Waals surface area contributed by atoms with Crippen LogP contribution in [-0.4, -0.2) is 18.2 Å². The fraction of sp³-hybridized carbons (Fsp3) is 0.250. The molecule has 1 heterocycles. The van der Waals surface area contributed by atoms with Crippen molar-refractivity contribution >= 4 is 21.6 Å². The van der Waals surface area contributed by atoms with Crippen molar-refractivity contribution in [2.24, 2.45) is 5.92 Å². The van der Waals surface area contributed by atoms with Crippen LogP contribution in [0.25, 0.3) is 10.4 Å². The monoisotopic (exact) mass is 289 g/mol. The van der Waals surface area contributed by atoms with Crippen molar-refractivity contribution in [2.45, 2.75) is 13.8 Å². The predicted molar refractivity (Wildman–Crippen MR) is 81.2 cm³/mol. The van der Waals surface area contributed by atoms with Gasteiger partial charge in [0.05, 0.1) is 29.1 Å². The van der Waals surface area contributed by atoms with Crippen molar-refractivity contribution in [3.63, 3.8) is 0 Å². The summed E-state index contributed by atoms with van der Waals surface area (Å²) in [5, 5.41) is 2.19. The fourth-order valence-electron chi connectivity index (χ4n) is 1.89. The van der Waals surface area contributed by atoms with E-state index in [4.69, 9.17) is 0 Å². The minimum atomic E-state index is -0.485. The standard InChI is InChI=1S/C16H17O3S/c1-11(2)16(18)20-10-4-5-14(20)12-6-8-13(9-7-12)15(17)19-3/h4-11H,1-3H3/q+1. The first-order valence-corrected chi connectivity index (χ1v) is 7.67. The molecule has 104 valence electrons. The lowest BCUT2D eigenvalue weighted by molar-refractivity contribution is 0.0600. The van der Waals surface area contributed by atoms with Gasteiger partial charge in [0.1, 0.15) is 5.38 Å². The van der Waals surface area contributed by atoms with E-state index in [0.717, 1.165) is 10.4 Å². The van der Waals surface area contributed by atoms with Crippen molar-refractivity contribution < 1.29 is 14.3 Å². The van der Waals surface area contributed by atoms with Crippen LogP contribution in [0.3, 0.4) is 0 Å². The van der Waals surface area contributed by atoms with Gasteiger partial charge in [-0.3, -0.25) is 0 Å². The number of benzene rings is 1. The third-order valence-electron chi connectivity index (χ3n) is 2.98. The summed E-state index contributed by atoms with van der Waals surface area (Å²) in [5.74, 6) is -0.342. The second-order valence-corrected chi connectivity index (χ2v) is 6.53. The molecule has 1 unspecified atom stereocenters. The summed E-state index contributed by atoms with van der Waals surface area (Å²) in [7, 11) is 0.875. The van der Waals surface area contributed by atoms with E-state index in [-0.39, 0.29) is 17.0 Å². The molecule has 0 saturated carbocycles. The summed E-state index contributed by atoms with van der Waals surface area (Å²) in [6, 6.07) is 11.1. The molecule has 1 atom stereocenters. The zero-order chi connectivity index (χ0) is 14.7. The topological polar surface area (TPSA) is 43.4 Å². The lowest BCUT2D eigenvalue weighted by Gasteiger charge is -2.01. The third kappa shape index (κ3) is 2.80. The lowest BCUT2D eigenvalue weighted by atomic mass is 10.1. The van der Waals surface area contributed by atoms with Gasteiger partial charge in [0, 0.05) is 11.6 Å². The molecular formula is C16H17O3S+. The molecule has 0 bridgehead atoms. The van der Waals surface area contributed by atoms with Crippen LogP contribution in [0.1, 0.15) is 29.0 Å². The second-order valence-electron chi connectivity index (χ2n) is 4.74. The van der Waals surface area contributed by atoms with Crippen LogP contribution in [0.15, 0.2) is 41.8 Å². The maximum absolute atomic E-state index is 12.2. The van der Waals surface area contributed by atoms with E-state index in [9.17, 15) is 9.59 Å². The van der Waals surface area contributed by atoms with Crippen LogP contribution in [0.5, 0.6) is 0 Å². The molecule has 0 amide bonds. The van der Waals surface area contributed by atoms with Crippen LogP contribution in [-0.2, 0) is 4.74 Å². The number of carbonyl (C=O) groups excluding carboxylic acids is 2. The summed E-state index contributed by atoms with van der Waals surface area (Å²) < 4.78 is 4.67. The molecule has 2 rings (SSSR count). The lowest BCUT2D eigenvalue weighted by Crippen LogP contribution is -2.01. The largest absolute Gasteiger partial charge is 0.465 e. The molecule has 0 radical (unpaired) electrons. The number of esters is 1. The highest BCUT2D eigenvalue weighted by atomic mass is 32.2. The van der Waals surface area contributed by atoms with E-state index in [1.54, 1.807) is 12.1 Å². The fourth-order valence-corrected chi connectivity index (χ4v) is 3.75. The minimum absolute atomic E-state index is 0.0128. The van der Waals surface area contributed by atoms with Gasteiger partial charge < -0.3 is 4.74 Å². The van der Waals surface area contributed by atoms with E-state index < -0.39 is 10.5 Å². The van der Waals surface area contributed by atoms with Gasteiger partial charge in [-0.05, 0) is 30.3 Å². The van der Waals surface area contributed by atoms with Crippen LogP contribution < -0.4 is 0 Å². The number of carbonyl (C=O) groups is 2. The van der Waals surface area contributed by atoms with E-state index >= 15 is 0 Å². The van der Waals surface area contributed by atoms with Gasteiger partial charge in [-0.25, -0.2) is 9.59 Å². The summed E-state index contributed by atoms with van der Waals surface area (Å²) in [6.07, 6.45) is 0. The van der Waals surface area contributed by atoms with Gasteiger partial charge in [-0.1, -0.05) is 13.8 Å². The van der Waals surface area contributed by atoms with E-state index in [1.165, 1.54) is 7.11 Å². The summed E-state index contributed by atoms with van der Waals surface area (Å²) in [4.78, 5) is 24.6. The average Bonchev–Trinajstić information content (AvgIpc) is 2.94. The molecule has 1 aromatic carbocycles. The first-order valence-electron chi connectivity index (χ1n) is 6.38. The molecule has 0 spiro atoms. The first-order chi connectivity index (χ1) is 9.54. The Bertz CT molecular complexity index is 623. The number of hydrogen-bond acceptors (Lipinski definition) is 3. The van der Waals surface area contributed by atoms with Crippen molar-refractivity contribution in [3.05, 3.63) is 47.3 Å².